The fraction of sp³-hybridized carbons (Fsp3) is 0.542. The van der Waals surface area contributed by atoms with E-state index in [1.807, 2.05) is 39.8 Å². The molecule has 0 aromatic rings. The van der Waals surface area contributed by atoms with E-state index in [1.165, 1.54) is 6.92 Å². The second kappa shape index (κ2) is 8.93. The van der Waals surface area contributed by atoms with Crippen molar-refractivity contribution in [3.05, 3.63) is 47.1 Å². The smallest absolute Gasteiger partial charge is 0.338 e. The second-order valence-corrected chi connectivity index (χ2v) is 9.17. The van der Waals surface area contributed by atoms with Gasteiger partial charge >= 0.3 is 5.97 Å². The predicted octanol–water partition coefficient (Wildman–Crippen LogP) is 3.05. The number of fused-ring (bicyclic) bond motifs is 1. The third-order valence-corrected chi connectivity index (χ3v) is 5.02. The first-order valence-corrected chi connectivity index (χ1v) is 10.4. The minimum atomic E-state index is -1.58. The lowest BCUT2D eigenvalue weighted by molar-refractivity contribution is -0.149. The van der Waals surface area contributed by atoms with Crippen LogP contribution in [0.5, 0.6) is 0 Å². The number of morpholine rings is 1. The number of rotatable bonds is 8. The highest BCUT2D eigenvalue weighted by Gasteiger charge is 2.79. The van der Waals surface area contributed by atoms with Crippen molar-refractivity contribution < 1.29 is 29.0 Å². The van der Waals surface area contributed by atoms with Crippen molar-refractivity contribution in [1.29, 1.82) is 0 Å². The van der Waals surface area contributed by atoms with Crippen molar-refractivity contribution >= 4 is 17.7 Å². The van der Waals surface area contributed by atoms with Crippen molar-refractivity contribution in [2.45, 2.75) is 84.3 Å². The van der Waals surface area contributed by atoms with Crippen molar-refractivity contribution in [1.82, 2.24) is 5.32 Å². The fourth-order valence-corrected chi connectivity index (χ4v) is 3.44. The Morgan fingerprint density at radius 3 is 2.39 bits per heavy atom. The summed E-state index contributed by atoms with van der Waals surface area (Å²) in [5.74, 6) is -1.37. The number of hydrogen-bond acceptors (Lipinski definition) is 6. The number of Topliss-reactive ketones (excluding diaryl/α,β-unsaturated/α-hetero) is 1. The van der Waals surface area contributed by atoms with Gasteiger partial charge in [-0.3, -0.25) is 9.59 Å². The molecule has 2 rings (SSSR count). The molecule has 31 heavy (non-hydrogen) atoms. The number of nitrogens with one attached hydrogen (secondary N) is 1. The van der Waals surface area contributed by atoms with Crippen LogP contribution in [0.15, 0.2) is 47.1 Å². The Hall–Kier alpha value is -2.51. The molecule has 2 heterocycles. The van der Waals surface area contributed by atoms with E-state index in [9.17, 15) is 19.5 Å². The number of carbonyl (C=O) groups excluding carboxylic acids is 3. The molecule has 7 heteroatoms. The number of hydrogen-bond donors (Lipinski definition) is 2. The molecule has 0 radical (unpaired) electrons. The van der Waals surface area contributed by atoms with Crippen LogP contribution in [-0.4, -0.2) is 45.8 Å². The molecule has 2 saturated heterocycles. The summed E-state index contributed by atoms with van der Waals surface area (Å²) in [4.78, 5) is 36.9. The number of ketones is 1. The van der Waals surface area contributed by atoms with Crippen LogP contribution in [0.25, 0.3) is 0 Å². The molecule has 2 aliphatic rings. The van der Waals surface area contributed by atoms with E-state index in [2.05, 4.69) is 5.32 Å². The van der Waals surface area contributed by atoms with Gasteiger partial charge in [-0.1, -0.05) is 29.9 Å². The summed E-state index contributed by atoms with van der Waals surface area (Å²) in [6, 6.07) is 0. The average molecular weight is 432 g/mol. The van der Waals surface area contributed by atoms with Gasteiger partial charge in [0.15, 0.2) is 11.8 Å². The lowest BCUT2D eigenvalue weighted by atomic mass is 9.93. The summed E-state index contributed by atoms with van der Waals surface area (Å²) in [5, 5.41) is 12.5. The van der Waals surface area contributed by atoms with Crippen LogP contribution in [0.1, 0.15) is 61.3 Å². The molecule has 3 atom stereocenters. The molecule has 0 bridgehead atoms. The summed E-state index contributed by atoms with van der Waals surface area (Å²) in [5.41, 5.74) is -1.84. The Morgan fingerprint density at radius 2 is 1.90 bits per heavy atom. The molecule has 2 fully saturated rings. The van der Waals surface area contributed by atoms with Gasteiger partial charge in [-0.05, 0) is 73.0 Å². The molecule has 0 aromatic heterocycles. The van der Waals surface area contributed by atoms with Gasteiger partial charge in [-0.2, -0.15) is 0 Å². The minimum absolute atomic E-state index is 0.366. The van der Waals surface area contributed by atoms with Gasteiger partial charge in [0.1, 0.15) is 5.60 Å². The minimum Gasteiger partial charge on any atom is -0.456 e. The standard InChI is InChI=1S/C24H33NO6/c1-8-17(19(27)30-22(4,5)6)14-15(2)12-10-9-11-13-16(3)18(26)24-20(31-24)23(7,29)25-21(24)28/h8,10,12-14,20,29H,9,11H2,1-7H3,(H,25,28)/b12-10+,15-14+,16-13+,17-8+/t20-,23?,24+/m1/s1. The van der Waals surface area contributed by atoms with E-state index in [1.54, 1.807) is 32.1 Å². The molecule has 7 nitrogen and oxygen atoms in total. The van der Waals surface area contributed by atoms with Crippen LogP contribution in [-0.2, 0) is 23.9 Å². The molecule has 2 N–H and O–H groups in total. The number of carbonyl (C=O) groups is 3. The Kier molecular flexibility index (Phi) is 7.13. The molecule has 0 spiro atoms. The lowest BCUT2D eigenvalue weighted by Crippen LogP contribution is -2.45. The van der Waals surface area contributed by atoms with Crippen LogP contribution in [0.3, 0.4) is 0 Å². The summed E-state index contributed by atoms with van der Waals surface area (Å²) >= 11 is 0. The second-order valence-electron chi connectivity index (χ2n) is 9.17. The van der Waals surface area contributed by atoms with Crippen molar-refractivity contribution in [2.24, 2.45) is 0 Å². The Bertz CT molecular complexity index is 884. The molecular formula is C24H33NO6. The number of allylic oxidation sites excluding steroid dienone is 5. The van der Waals surface area contributed by atoms with Crippen molar-refractivity contribution in [2.75, 3.05) is 0 Å². The number of amides is 1. The van der Waals surface area contributed by atoms with E-state index < -0.39 is 34.7 Å². The van der Waals surface area contributed by atoms with Gasteiger partial charge in [-0.15, -0.1) is 0 Å². The van der Waals surface area contributed by atoms with Gasteiger partial charge in [0.25, 0.3) is 5.91 Å². The van der Waals surface area contributed by atoms with E-state index >= 15 is 0 Å². The quantitative estimate of drug-likeness (QED) is 0.153. The maximum Gasteiger partial charge on any atom is 0.338 e. The van der Waals surface area contributed by atoms with Crippen LogP contribution in [0, 0.1) is 0 Å². The maximum absolute atomic E-state index is 12.7. The van der Waals surface area contributed by atoms with Gasteiger partial charge < -0.3 is 19.9 Å². The monoisotopic (exact) mass is 431 g/mol. The highest BCUT2D eigenvalue weighted by atomic mass is 16.6. The van der Waals surface area contributed by atoms with E-state index in [0.717, 1.165) is 5.57 Å². The number of epoxide rings is 1. The fourth-order valence-electron chi connectivity index (χ4n) is 3.44. The normalized spacial score (nSPS) is 29.1. The Balaban J connectivity index is 1.89. The molecule has 0 aromatic carbocycles. The first-order chi connectivity index (χ1) is 14.2. The topological polar surface area (TPSA) is 105 Å². The van der Waals surface area contributed by atoms with Crippen molar-refractivity contribution in [3.8, 4) is 0 Å². The highest BCUT2D eigenvalue weighted by Crippen LogP contribution is 2.49. The zero-order valence-corrected chi connectivity index (χ0v) is 19.4. The lowest BCUT2D eigenvalue weighted by Gasteiger charge is -2.19. The van der Waals surface area contributed by atoms with Crippen LogP contribution in [0.4, 0.5) is 0 Å². The summed E-state index contributed by atoms with van der Waals surface area (Å²) in [7, 11) is 0. The van der Waals surface area contributed by atoms with E-state index in [-0.39, 0.29) is 5.97 Å². The van der Waals surface area contributed by atoms with Crippen molar-refractivity contribution in [3.63, 3.8) is 0 Å². The predicted molar refractivity (Wildman–Crippen MR) is 117 cm³/mol. The molecule has 1 amide bonds. The van der Waals surface area contributed by atoms with E-state index in [0.29, 0.717) is 24.0 Å². The highest BCUT2D eigenvalue weighted by molar-refractivity contribution is 6.21. The number of unbranched alkanes of at least 4 members (excludes halogenated alkanes) is 1. The van der Waals surface area contributed by atoms with Gasteiger partial charge in [0, 0.05) is 0 Å². The number of ether oxygens (including phenoxy) is 2. The summed E-state index contributed by atoms with van der Waals surface area (Å²) < 4.78 is 10.7. The Labute approximate surface area is 183 Å². The molecule has 0 aliphatic carbocycles. The largest absolute Gasteiger partial charge is 0.456 e. The number of aliphatic hydroxyl groups is 1. The van der Waals surface area contributed by atoms with Gasteiger partial charge in [0.2, 0.25) is 11.4 Å². The maximum atomic E-state index is 12.7. The molecule has 170 valence electrons. The summed E-state index contributed by atoms with van der Waals surface area (Å²) in [6.07, 6.45) is 9.52. The SMILES string of the molecule is C\C=C(/C=C(C)/C=C/CC/C=C(\C)C(=O)[C@]12O[C@@H]1C(C)(O)NC2=O)C(=O)OC(C)(C)C. The molecule has 0 saturated carbocycles. The first kappa shape index (κ1) is 24.8. The molecule has 2 aliphatic heterocycles. The third-order valence-electron chi connectivity index (χ3n) is 5.02. The summed E-state index contributed by atoms with van der Waals surface area (Å²) in [6.45, 7) is 12.2. The number of esters is 1. The molecule has 1 unspecified atom stereocenters. The van der Waals surface area contributed by atoms with Crippen LogP contribution >= 0.6 is 0 Å². The van der Waals surface area contributed by atoms with Gasteiger partial charge in [0.05, 0.1) is 5.57 Å². The van der Waals surface area contributed by atoms with Crippen LogP contribution in [0.2, 0.25) is 0 Å². The molecular weight excluding hydrogens is 398 g/mol. The average Bonchev–Trinajstić information content (AvgIpc) is 3.37. The van der Waals surface area contributed by atoms with E-state index in [4.69, 9.17) is 9.47 Å². The third kappa shape index (κ3) is 5.60. The zero-order chi connectivity index (χ0) is 23.6. The van der Waals surface area contributed by atoms with Crippen LogP contribution < -0.4 is 5.32 Å². The Morgan fingerprint density at radius 1 is 1.26 bits per heavy atom. The zero-order valence-electron chi connectivity index (χ0n) is 19.4. The van der Waals surface area contributed by atoms with Gasteiger partial charge in [-0.25, -0.2) is 4.79 Å². The first-order valence-electron chi connectivity index (χ1n) is 10.4.